The molecule has 1 aliphatic heterocycles. The van der Waals surface area contributed by atoms with Crippen molar-refractivity contribution < 1.29 is 9.59 Å². The van der Waals surface area contributed by atoms with Gasteiger partial charge in [0, 0.05) is 18.8 Å². The average molecular weight is 264 g/mol. The first kappa shape index (κ1) is 13.6. The Bertz CT molecular complexity index is 519. The van der Waals surface area contributed by atoms with Gasteiger partial charge in [0.25, 0.3) is 0 Å². The number of hydrogen-bond acceptors (Lipinski definition) is 3. The van der Waals surface area contributed by atoms with Crippen LogP contribution in [-0.2, 0) is 16.1 Å². The summed E-state index contributed by atoms with van der Waals surface area (Å²) in [5, 5.41) is 7.06. The van der Waals surface area contributed by atoms with E-state index in [1.54, 1.807) is 23.4 Å². The van der Waals surface area contributed by atoms with Crippen LogP contribution < -0.4 is 5.32 Å². The molecule has 0 aromatic carbocycles. The first-order valence-electron chi connectivity index (χ1n) is 6.42. The van der Waals surface area contributed by atoms with Crippen LogP contribution in [0.5, 0.6) is 0 Å². The van der Waals surface area contributed by atoms with Crippen molar-refractivity contribution in [3.8, 4) is 0 Å². The van der Waals surface area contributed by atoms with Crippen LogP contribution in [-0.4, -0.2) is 45.1 Å². The number of amides is 2. The summed E-state index contributed by atoms with van der Waals surface area (Å²) in [6.07, 6.45) is 0. The third kappa shape index (κ3) is 2.47. The number of carbonyl (C=O) groups is 2. The quantitative estimate of drug-likeness (QED) is 0.832. The van der Waals surface area contributed by atoms with Crippen molar-refractivity contribution in [2.75, 3.05) is 13.1 Å². The average Bonchev–Trinajstić information content (AvgIpc) is 2.61. The zero-order valence-corrected chi connectivity index (χ0v) is 11.9. The molecule has 1 saturated heterocycles. The van der Waals surface area contributed by atoms with E-state index in [4.69, 9.17) is 0 Å². The fourth-order valence-corrected chi connectivity index (χ4v) is 2.38. The molecule has 1 aliphatic rings. The Morgan fingerprint density at radius 2 is 2.16 bits per heavy atom. The molecule has 0 aliphatic carbocycles. The number of nitrogens with one attached hydrogen (secondary N) is 1. The topological polar surface area (TPSA) is 67.2 Å². The number of piperazine rings is 1. The van der Waals surface area contributed by atoms with Gasteiger partial charge in [-0.25, -0.2) is 0 Å². The second-order valence-electron chi connectivity index (χ2n) is 5.45. The van der Waals surface area contributed by atoms with Crippen LogP contribution in [0.15, 0.2) is 6.07 Å². The van der Waals surface area contributed by atoms with E-state index in [1.165, 1.54) is 0 Å². The van der Waals surface area contributed by atoms with E-state index in [2.05, 4.69) is 10.4 Å². The summed E-state index contributed by atoms with van der Waals surface area (Å²) in [5.41, 5.74) is 1.04. The fraction of sp³-hybridized carbons (Fsp3) is 0.615. The van der Waals surface area contributed by atoms with Gasteiger partial charge in [0.1, 0.15) is 12.1 Å². The van der Waals surface area contributed by atoms with Gasteiger partial charge in [-0.1, -0.05) is 0 Å². The molecule has 0 bridgehead atoms. The molecule has 2 amide bonds. The van der Waals surface area contributed by atoms with Gasteiger partial charge in [-0.2, -0.15) is 5.10 Å². The summed E-state index contributed by atoms with van der Waals surface area (Å²) in [6.45, 7) is 8.56. The molecule has 0 saturated carbocycles. The number of hydrogen-bond donors (Lipinski definition) is 1. The summed E-state index contributed by atoms with van der Waals surface area (Å²) < 4.78 is 1.68. The Morgan fingerprint density at radius 1 is 1.47 bits per heavy atom. The van der Waals surface area contributed by atoms with Crippen LogP contribution in [0.2, 0.25) is 0 Å². The number of aromatic nitrogens is 2. The predicted octanol–water partition coefficient (Wildman–Crippen LogP) is 0.237. The maximum Gasteiger partial charge on any atom is 0.245 e. The third-order valence-corrected chi connectivity index (χ3v) is 3.54. The van der Waals surface area contributed by atoms with Gasteiger partial charge in [-0.3, -0.25) is 14.3 Å². The number of rotatable bonds is 2. The highest BCUT2D eigenvalue weighted by Crippen LogP contribution is 2.18. The molecule has 1 fully saturated rings. The molecular weight excluding hydrogens is 244 g/mol. The largest absolute Gasteiger partial charge is 0.352 e. The van der Waals surface area contributed by atoms with E-state index >= 15 is 0 Å². The summed E-state index contributed by atoms with van der Waals surface area (Å²) in [7, 11) is 0. The zero-order chi connectivity index (χ0) is 14.2. The summed E-state index contributed by atoms with van der Waals surface area (Å²) in [5.74, 6) is -0.188. The lowest BCUT2D eigenvalue weighted by atomic mass is 9.99. The third-order valence-electron chi connectivity index (χ3n) is 3.54. The van der Waals surface area contributed by atoms with E-state index in [-0.39, 0.29) is 18.4 Å². The van der Waals surface area contributed by atoms with E-state index in [0.29, 0.717) is 13.1 Å². The smallest absolute Gasteiger partial charge is 0.245 e. The normalized spacial score (nSPS) is 18.3. The lowest BCUT2D eigenvalue weighted by molar-refractivity contribution is -0.149. The minimum absolute atomic E-state index is 0.0777. The minimum atomic E-state index is -0.800. The van der Waals surface area contributed by atoms with Crippen LogP contribution in [0, 0.1) is 13.8 Å². The second kappa shape index (κ2) is 4.68. The summed E-state index contributed by atoms with van der Waals surface area (Å²) >= 11 is 0. The van der Waals surface area contributed by atoms with Crippen molar-refractivity contribution in [1.82, 2.24) is 20.0 Å². The van der Waals surface area contributed by atoms with Gasteiger partial charge in [-0.05, 0) is 33.8 Å². The Labute approximate surface area is 112 Å². The minimum Gasteiger partial charge on any atom is -0.352 e. The van der Waals surface area contributed by atoms with Gasteiger partial charge < -0.3 is 10.2 Å². The van der Waals surface area contributed by atoms with Gasteiger partial charge >= 0.3 is 0 Å². The maximum absolute atomic E-state index is 12.4. The van der Waals surface area contributed by atoms with Crippen molar-refractivity contribution >= 4 is 11.8 Å². The molecule has 0 radical (unpaired) electrons. The van der Waals surface area contributed by atoms with Crippen LogP contribution in [0.4, 0.5) is 0 Å². The molecule has 19 heavy (non-hydrogen) atoms. The lowest BCUT2D eigenvalue weighted by Gasteiger charge is -2.41. The highest BCUT2D eigenvalue weighted by molar-refractivity contribution is 5.91. The molecule has 0 spiro atoms. The fourth-order valence-electron chi connectivity index (χ4n) is 2.38. The molecule has 0 unspecified atom stereocenters. The molecule has 0 atom stereocenters. The Kier molecular flexibility index (Phi) is 3.34. The standard InChI is InChI=1S/C13H20N4O2/c1-9-7-10(2)17(15-9)8-11(18)16-6-5-14-12(19)13(16,3)4/h7H,5-6,8H2,1-4H3,(H,14,19). The highest BCUT2D eigenvalue weighted by atomic mass is 16.2. The van der Waals surface area contributed by atoms with Gasteiger partial charge in [0.2, 0.25) is 11.8 Å². The zero-order valence-electron chi connectivity index (χ0n) is 11.9. The first-order chi connectivity index (χ1) is 8.82. The van der Waals surface area contributed by atoms with Crippen molar-refractivity contribution in [3.05, 3.63) is 17.5 Å². The predicted molar refractivity (Wildman–Crippen MR) is 70.5 cm³/mol. The van der Waals surface area contributed by atoms with E-state index in [1.807, 2.05) is 19.9 Å². The lowest BCUT2D eigenvalue weighted by Crippen LogP contribution is -2.63. The molecular formula is C13H20N4O2. The highest BCUT2D eigenvalue weighted by Gasteiger charge is 2.40. The molecule has 6 nitrogen and oxygen atoms in total. The SMILES string of the molecule is Cc1cc(C)n(CC(=O)N2CCNC(=O)C2(C)C)n1. The molecule has 6 heteroatoms. The molecule has 1 N–H and O–H groups in total. The van der Waals surface area contributed by atoms with Crippen LogP contribution in [0.1, 0.15) is 25.2 Å². The van der Waals surface area contributed by atoms with Crippen molar-refractivity contribution in [1.29, 1.82) is 0 Å². The van der Waals surface area contributed by atoms with Crippen molar-refractivity contribution in [2.45, 2.75) is 39.8 Å². The number of nitrogens with zero attached hydrogens (tertiary/aromatic N) is 3. The molecule has 1 aromatic heterocycles. The monoisotopic (exact) mass is 264 g/mol. The van der Waals surface area contributed by atoms with Crippen LogP contribution in [0.3, 0.4) is 0 Å². The van der Waals surface area contributed by atoms with Gasteiger partial charge in [-0.15, -0.1) is 0 Å². The van der Waals surface area contributed by atoms with E-state index < -0.39 is 5.54 Å². The molecule has 1 aromatic rings. The van der Waals surface area contributed by atoms with Gasteiger partial charge in [0.15, 0.2) is 0 Å². The first-order valence-corrected chi connectivity index (χ1v) is 6.42. The maximum atomic E-state index is 12.4. The molecule has 2 rings (SSSR count). The van der Waals surface area contributed by atoms with Gasteiger partial charge in [0.05, 0.1) is 5.69 Å². The summed E-state index contributed by atoms with van der Waals surface area (Å²) in [6, 6.07) is 1.93. The van der Waals surface area contributed by atoms with Crippen molar-refractivity contribution in [2.24, 2.45) is 0 Å². The van der Waals surface area contributed by atoms with Crippen molar-refractivity contribution in [3.63, 3.8) is 0 Å². The molecule has 104 valence electrons. The Hall–Kier alpha value is -1.85. The van der Waals surface area contributed by atoms with E-state index in [0.717, 1.165) is 11.4 Å². The second-order valence-corrected chi connectivity index (χ2v) is 5.45. The Morgan fingerprint density at radius 3 is 2.74 bits per heavy atom. The number of carbonyl (C=O) groups excluding carboxylic acids is 2. The Balaban J connectivity index is 2.15. The molecule has 2 heterocycles. The number of aryl methyl sites for hydroxylation is 2. The van der Waals surface area contributed by atoms with E-state index in [9.17, 15) is 9.59 Å². The summed E-state index contributed by atoms with van der Waals surface area (Å²) in [4.78, 5) is 25.8. The van der Waals surface area contributed by atoms with Crippen LogP contribution in [0.25, 0.3) is 0 Å². The van der Waals surface area contributed by atoms with Crippen LogP contribution >= 0.6 is 0 Å².